The fraction of sp³-hybridized carbons (Fsp3) is 0.286. The van der Waals surface area contributed by atoms with Gasteiger partial charge in [-0.25, -0.2) is 9.07 Å². The summed E-state index contributed by atoms with van der Waals surface area (Å²) in [7, 11) is 0. The lowest BCUT2D eigenvalue weighted by Gasteiger charge is -2.15. The van der Waals surface area contributed by atoms with E-state index in [1.807, 2.05) is 29.4 Å². The Hall–Kier alpha value is -3.42. The zero-order valence-electron chi connectivity index (χ0n) is 15.9. The summed E-state index contributed by atoms with van der Waals surface area (Å²) < 4.78 is 16.7. The summed E-state index contributed by atoms with van der Waals surface area (Å²) in [4.78, 5) is 26.8. The maximum absolute atomic E-state index is 13.3. The first-order chi connectivity index (χ1) is 14.1. The van der Waals surface area contributed by atoms with Crippen LogP contribution in [0.2, 0.25) is 0 Å². The van der Waals surface area contributed by atoms with Gasteiger partial charge in [0.15, 0.2) is 5.82 Å². The Kier molecular flexibility index (Phi) is 5.41. The predicted molar refractivity (Wildman–Crippen MR) is 106 cm³/mol. The van der Waals surface area contributed by atoms with Crippen molar-refractivity contribution in [1.82, 2.24) is 24.6 Å². The maximum atomic E-state index is 13.3. The van der Waals surface area contributed by atoms with Crippen LogP contribution in [0.15, 0.2) is 55.0 Å². The Morgan fingerprint density at radius 3 is 2.45 bits per heavy atom. The molecule has 29 heavy (non-hydrogen) atoms. The van der Waals surface area contributed by atoms with E-state index in [1.165, 1.54) is 18.3 Å². The number of aromatic nitrogens is 3. The first kappa shape index (κ1) is 18.9. The minimum atomic E-state index is -0.343. The van der Waals surface area contributed by atoms with Crippen LogP contribution in [0, 0.1) is 5.82 Å². The van der Waals surface area contributed by atoms with E-state index in [-0.39, 0.29) is 30.6 Å². The van der Waals surface area contributed by atoms with Gasteiger partial charge in [-0.05, 0) is 49.2 Å². The van der Waals surface area contributed by atoms with Crippen LogP contribution in [-0.4, -0.2) is 50.7 Å². The van der Waals surface area contributed by atoms with Crippen molar-refractivity contribution < 1.29 is 14.0 Å². The van der Waals surface area contributed by atoms with Gasteiger partial charge in [0, 0.05) is 38.4 Å². The van der Waals surface area contributed by atoms with Gasteiger partial charge in [-0.15, -0.1) is 0 Å². The lowest BCUT2D eigenvalue weighted by molar-refractivity contribution is -0.129. The second-order valence-electron chi connectivity index (χ2n) is 6.95. The van der Waals surface area contributed by atoms with Crippen molar-refractivity contribution in [2.45, 2.75) is 19.3 Å². The summed E-state index contributed by atoms with van der Waals surface area (Å²) >= 11 is 0. The Morgan fingerprint density at radius 1 is 1.07 bits per heavy atom. The molecule has 3 heterocycles. The number of likely N-dealkylation sites (tertiary alicyclic amines) is 1. The average Bonchev–Trinajstić information content (AvgIpc) is 3.49. The highest BCUT2D eigenvalue weighted by atomic mass is 19.1. The molecule has 1 aliphatic rings. The normalized spacial score (nSPS) is 13.6. The topological polar surface area (TPSA) is 72.2 Å². The molecule has 8 heteroatoms. The van der Waals surface area contributed by atoms with Crippen molar-refractivity contribution in [2.75, 3.05) is 19.6 Å². The zero-order chi connectivity index (χ0) is 20.2. The van der Waals surface area contributed by atoms with Gasteiger partial charge in [0.2, 0.25) is 5.91 Å². The molecule has 0 bridgehead atoms. The first-order valence-electron chi connectivity index (χ1n) is 9.67. The second-order valence-corrected chi connectivity index (χ2v) is 6.95. The van der Waals surface area contributed by atoms with Gasteiger partial charge in [-0.3, -0.25) is 9.59 Å². The molecule has 2 aromatic heterocycles. The largest absolute Gasteiger partial charge is 0.351 e. The highest BCUT2D eigenvalue weighted by Gasteiger charge is 2.21. The molecule has 150 valence electrons. The fourth-order valence-corrected chi connectivity index (χ4v) is 3.50. The third-order valence-corrected chi connectivity index (χ3v) is 4.99. The smallest absolute Gasteiger partial charge is 0.256 e. The van der Waals surface area contributed by atoms with E-state index in [2.05, 4.69) is 10.4 Å². The van der Waals surface area contributed by atoms with Crippen molar-refractivity contribution in [3.8, 4) is 11.5 Å². The van der Waals surface area contributed by atoms with Gasteiger partial charge in [-0.2, -0.15) is 5.10 Å². The van der Waals surface area contributed by atoms with Crippen molar-refractivity contribution in [2.24, 2.45) is 0 Å². The van der Waals surface area contributed by atoms with Crippen LogP contribution < -0.4 is 5.32 Å². The monoisotopic (exact) mass is 395 g/mol. The summed E-state index contributed by atoms with van der Waals surface area (Å²) in [5.74, 6) is -0.0410. The van der Waals surface area contributed by atoms with E-state index in [1.54, 1.807) is 21.4 Å². The number of nitrogens with zero attached hydrogens (tertiary/aromatic N) is 4. The molecule has 1 aliphatic heterocycles. The van der Waals surface area contributed by atoms with Crippen LogP contribution in [0.1, 0.15) is 29.6 Å². The Balaban J connectivity index is 1.53. The number of hydrogen-bond donors (Lipinski definition) is 1. The summed E-state index contributed by atoms with van der Waals surface area (Å²) in [5, 5.41) is 7.15. The Bertz CT molecular complexity index is 989. The number of halogens is 1. The van der Waals surface area contributed by atoms with Gasteiger partial charge >= 0.3 is 0 Å². The molecule has 0 spiro atoms. The van der Waals surface area contributed by atoms with Crippen LogP contribution in [0.25, 0.3) is 11.5 Å². The van der Waals surface area contributed by atoms with Crippen molar-refractivity contribution >= 4 is 11.8 Å². The number of carbonyl (C=O) groups excluding carboxylic acids is 2. The fourth-order valence-electron chi connectivity index (χ4n) is 3.50. The molecular formula is C21H22FN5O2. The molecule has 1 aromatic carbocycles. The van der Waals surface area contributed by atoms with Crippen molar-refractivity contribution in [3.05, 3.63) is 66.4 Å². The van der Waals surface area contributed by atoms with Crippen LogP contribution >= 0.6 is 0 Å². The highest BCUT2D eigenvalue weighted by Crippen LogP contribution is 2.20. The van der Waals surface area contributed by atoms with Crippen LogP contribution in [0.5, 0.6) is 0 Å². The van der Waals surface area contributed by atoms with Gasteiger partial charge in [0.05, 0.1) is 11.9 Å². The summed E-state index contributed by atoms with van der Waals surface area (Å²) in [6.07, 6.45) is 7.46. The molecule has 3 aromatic rings. The number of benzene rings is 1. The SMILES string of the molecule is O=C(NCCC(=O)N1CCCC1)c1cnn(-c2ccc(F)cc2)c1-n1cccc1. The first-order valence-corrected chi connectivity index (χ1v) is 9.67. The molecule has 7 nitrogen and oxygen atoms in total. The lowest BCUT2D eigenvalue weighted by Crippen LogP contribution is -2.33. The minimum absolute atomic E-state index is 0.0652. The molecule has 0 saturated carbocycles. The number of hydrogen-bond acceptors (Lipinski definition) is 3. The van der Waals surface area contributed by atoms with Gasteiger partial charge in [-0.1, -0.05) is 0 Å². The van der Waals surface area contributed by atoms with Crippen LogP contribution in [0.3, 0.4) is 0 Å². The van der Waals surface area contributed by atoms with E-state index < -0.39 is 0 Å². The van der Waals surface area contributed by atoms with Crippen molar-refractivity contribution in [3.63, 3.8) is 0 Å². The van der Waals surface area contributed by atoms with Crippen LogP contribution in [-0.2, 0) is 4.79 Å². The molecule has 0 atom stereocenters. The number of amides is 2. The van der Waals surface area contributed by atoms with Gasteiger partial charge in [0.25, 0.3) is 5.91 Å². The van der Waals surface area contributed by atoms with E-state index >= 15 is 0 Å². The van der Waals surface area contributed by atoms with E-state index in [0.717, 1.165) is 25.9 Å². The standard InChI is InChI=1S/C21H22FN5O2/c22-16-5-7-17(8-6-16)27-21(26-13-3-4-14-26)18(15-24-27)20(29)23-10-9-19(28)25-11-1-2-12-25/h3-8,13-15H,1-2,9-12H2,(H,23,29). The molecule has 1 N–H and O–H groups in total. The molecular weight excluding hydrogens is 373 g/mol. The van der Waals surface area contributed by atoms with Crippen molar-refractivity contribution in [1.29, 1.82) is 0 Å². The minimum Gasteiger partial charge on any atom is -0.351 e. The van der Waals surface area contributed by atoms with E-state index in [9.17, 15) is 14.0 Å². The molecule has 0 unspecified atom stereocenters. The average molecular weight is 395 g/mol. The van der Waals surface area contributed by atoms with E-state index in [4.69, 9.17) is 0 Å². The summed E-state index contributed by atoms with van der Waals surface area (Å²) in [6, 6.07) is 9.59. The molecule has 1 fully saturated rings. The summed E-state index contributed by atoms with van der Waals surface area (Å²) in [6.45, 7) is 1.87. The second kappa shape index (κ2) is 8.30. The molecule has 1 saturated heterocycles. The Morgan fingerprint density at radius 2 is 1.76 bits per heavy atom. The quantitative estimate of drug-likeness (QED) is 0.697. The molecule has 0 radical (unpaired) electrons. The van der Waals surface area contributed by atoms with Gasteiger partial charge < -0.3 is 14.8 Å². The lowest BCUT2D eigenvalue weighted by atomic mass is 10.2. The highest BCUT2D eigenvalue weighted by molar-refractivity contribution is 5.97. The number of rotatable bonds is 6. The predicted octanol–water partition coefficient (Wildman–Crippen LogP) is 2.54. The zero-order valence-corrected chi connectivity index (χ0v) is 15.9. The molecule has 0 aliphatic carbocycles. The van der Waals surface area contributed by atoms with E-state index in [0.29, 0.717) is 17.1 Å². The van der Waals surface area contributed by atoms with Crippen LogP contribution in [0.4, 0.5) is 4.39 Å². The summed E-state index contributed by atoms with van der Waals surface area (Å²) in [5.41, 5.74) is 1.01. The third-order valence-electron chi connectivity index (χ3n) is 4.99. The number of nitrogens with one attached hydrogen (secondary N) is 1. The molecule has 4 rings (SSSR count). The number of carbonyl (C=O) groups is 2. The molecule has 2 amide bonds. The van der Waals surface area contributed by atoms with Gasteiger partial charge in [0.1, 0.15) is 11.4 Å². The Labute approximate surface area is 167 Å². The maximum Gasteiger partial charge on any atom is 0.256 e. The third kappa shape index (κ3) is 4.06.